The van der Waals surface area contributed by atoms with Gasteiger partial charge in [-0.05, 0) is 25.5 Å². The average molecular weight is 271 g/mol. The maximum atomic E-state index is 5.91. The fraction of sp³-hybridized carbons (Fsp3) is 0.444. The van der Waals surface area contributed by atoms with Crippen molar-refractivity contribution in [1.29, 1.82) is 0 Å². The summed E-state index contributed by atoms with van der Waals surface area (Å²) in [5.41, 5.74) is 12.1. The predicted molar refractivity (Wildman–Crippen MR) is 66.7 cm³/mol. The van der Waals surface area contributed by atoms with Gasteiger partial charge in [0.25, 0.3) is 0 Å². The summed E-state index contributed by atoms with van der Waals surface area (Å²) in [6.07, 6.45) is 1.68. The van der Waals surface area contributed by atoms with Crippen molar-refractivity contribution in [2.75, 3.05) is 6.54 Å². The van der Waals surface area contributed by atoms with Crippen molar-refractivity contribution in [3.05, 3.63) is 28.0 Å². The molecule has 0 spiro atoms. The minimum absolute atomic E-state index is 0. The molecule has 6 heteroatoms. The molecule has 0 aliphatic carbocycles. The molecule has 1 aromatic rings. The lowest BCUT2D eigenvalue weighted by atomic mass is 10.1. The number of rotatable bonds is 4. The van der Waals surface area contributed by atoms with Crippen molar-refractivity contribution >= 4 is 35.6 Å². The fourth-order valence-electron chi connectivity index (χ4n) is 1.19. The van der Waals surface area contributed by atoms with Crippen LogP contribution in [0.5, 0.6) is 0 Å². The number of nitrogens with two attached hydrogens (primary N) is 2. The Balaban J connectivity index is 0.00000196. The summed E-state index contributed by atoms with van der Waals surface area (Å²) in [7, 11) is 0. The molecule has 1 atom stereocenters. The third-order valence-electron chi connectivity index (χ3n) is 1.96. The van der Waals surface area contributed by atoms with Crippen LogP contribution in [0.25, 0.3) is 0 Å². The molecular formula is C9H14Cl3N3. The lowest BCUT2D eigenvalue weighted by molar-refractivity contribution is 0.616. The molecular weight excluding hydrogens is 256 g/mol. The van der Waals surface area contributed by atoms with Crippen LogP contribution in [0.1, 0.15) is 24.4 Å². The molecule has 1 heterocycles. The van der Waals surface area contributed by atoms with Gasteiger partial charge in [0.1, 0.15) is 10.3 Å². The third kappa shape index (κ3) is 4.53. The molecule has 4 N–H and O–H groups in total. The monoisotopic (exact) mass is 269 g/mol. The molecule has 0 aliphatic rings. The number of hydrogen-bond acceptors (Lipinski definition) is 3. The van der Waals surface area contributed by atoms with Gasteiger partial charge in [-0.15, -0.1) is 12.4 Å². The van der Waals surface area contributed by atoms with Crippen molar-refractivity contribution in [3.8, 4) is 0 Å². The summed E-state index contributed by atoms with van der Waals surface area (Å²) in [5, 5.41) is 0.756. The highest BCUT2D eigenvalue weighted by molar-refractivity contribution is 6.32. The van der Waals surface area contributed by atoms with Crippen LogP contribution < -0.4 is 11.5 Å². The van der Waals surface area contributed by atoms with Crippen LogP contribution in [-0.2, 0) is 0 Å². The van der Waals surface area contributed by atoms with Crippen LogP contribution in [0.2, 0.25) is 10.3 Å². The Bertz CT molecular complexity index is 307. The van der Waals surface area contributed by atoms with Crippen LogP contribution >= 0.6 is 35.6 Å². The highest BCUT2D eigenvalue weighted by atomic mass is 35.5. The zero-order valence-corrected chi connectivity index (χ0v) is 10.4. The Morgan fingerprint density at radius 3 is 2.53 bits per heavy atom. The summed E-state index contributed by atoms with van der Waals surface area (Å²) in [4.78, 5) is 3.92. The largest absolute Gasteiger partial charge is 0.330 e. The van der Waals surface area contributed by atoms with Crippen LogP contribution in [0.3, 0.4) is 0 Å². The minimum atomic E-state index is -0.115. The summed E-state index contributed by atoms with van der Waals surface area (Å²) in [6, 6.07) is 3.38. The van der Waals surface area contributed by atoms with E-state index in [0.29, 0.717) is 16.9 Å². The van der Waals surface area contributed by atoms with Crippen molar-refractivity contribution < 1.29 is 0 Å². The van der Waals surface area contributed by atoms with Crippen LogP contribution in [0.4, 0.5) is 0 Å². The van der Waals surface area contributed by atoms with E-state index in [-0.39, 0.29) is 18.4 Å². The van der Waals surface area contributed by atoms with Crippen molar-refractivity contribution in [2.24, 2.45) is 11.5 Å². The highest BCUT2D eigenvalue weighted by Crippen LogP contribution is 2.24. The number of halogens is 3. The summed E-state index contributed by atoms with van der Waals surface area (Å²) >= 11 is 11.6. The van der Waals surface area contributed by atoms with Gasteiger partial charge in [0, 0.05) is 11.6 Å². The van der Waals surface area contributed by atoms with E-state index in [1.54, 1.807) is 12.1 Å². The topological polar surface area (TPSA) is 64.9 Å². The molecule has 0 saturated heterocycles. The molecule has 0 amide bonds. The van der Waals surface area contributed by atoms with Gasteiger partial charge in [0.15, 0.2) is 0 Å². The summed E-state index contributed by atoms with van der Waals surface area (Å²) in [5.74, 6) is 0. The van der Waals surface area contributed by atoms with Gasteiger partial charge < -0.3 is 11.5 Å². The van der Waals surface area contributed by atoms with Crippen LogP contribution in [0.15, 0.2) is 12.1 Å². The van der Waals surface area contributed by atoms with Gasteiger partial charge in [-0.1, -0.05) is 29.3 Å². The van der Waals surface area contributed by atoms with E-state index in [2.05, 4.69) is 4.98 Å². The Kier molecular flexibility index (Phi) is 7.22. The van der Waals surface area contributed by atoms with Crippen LogP contribution in [-0.4, -0.2) is 11.5 Å². The molecule has 0 aliphatic heterocycles. The van der Waals surface area contributed by atoms with E-state index in [9.17, 15) is 0 Å². The van der Waals surface area contributed by atoms with Gasteiger partial charge >= 0.3 is 0 Å². The Morgan fingerprint density at radius 2 is 2.00 bits per heavy atom. The Hall–Kier alpha value is -0.0600. The van der Waals surface area contributed by atoms with Gasteiger partial charge in [-0.3, -0.25) is 0 Å². The van der Waals surface area contributed by atoms with E-state index >= 15 is 0 Å². The molecule has 86 valence electrons. The molecule has 1 aromatic heterocycles. The van der Waals surface area contributed by atoms with Crippen molar-refractivity contribution in [1.82, 2.24) is 4.98 Å². The quantitative estimate of drug-likeness (QED) is 0.827. The molecule has 0 fully saturated rings. The van der Waals surface area contributed by atoms with Crippen molar-refractivity contribution in [3.63, 3.8) is 0 Å². The van der Waals surface area contributed by atoms with Gasteiger partial charge in [0.2, 0.25) is 0 Å². The lowest BCUT2D eigenvalue weighted by Crippen LogP contribution is -2.13. The highest BCUT2D eigenvalue weighted by Gasteiger charge is 2.10. The third-order valence-corrected chi connectivity index (χ3v) is 2.48. The molecule has 0 bridgehead atoms. The summed E-state index contributed by atoms with van der Waals surface area (Å²) in [6.45, 7) is 0.631. The lowest BCUT2D eigenvalue weighted by Gasteiger charge is -2.12. The Labute approximate surface area is 106 Å². The molecule has 0 aromatic carbocycles. The second kappa shape index (κ2) is 7.25. The first-order valence-corrected chi connectivity index (χ1v) is 5.18. The normalized spacial score (nSPS) is 12.0. The number of nitrogens with zero attached hydrogens (tertiary/aromatic N) is 1. The first kappa shape index (κ1) is 14.9. The molecule has 0 saturated carbocycles. The number of aromatic nitrogens is 1. The number of hydrogen-bond donors (Lipinski definition) is 2. The van der Waals surface area contributed by atoms with Gasteiger partial charge in [0.05, 0.1) is 0 Å². The fourth-order valence-corrected chi connectivity index (χ4v) is 1.68. The minimum Gasteiger partial charge on any atom is -0.330 e. The van der Waals surface area contributed by atoms with E-state index < -0.39 is 0 Å². The predicted octanol–water partition coefficient (Wildman–Crippen LogP) is 2.55. The molecule has 0 unspecified atom stereocenters. The summed E-state index contributed by atoms with van der Waals surface area (Å²) < 4.78 is 0. The van der Waals surface area contributed by atoms with Gasteiger partial charge in [-0.25, -0.2) is 4.98 Å². The average Bonchev–Trinajstić information content (AvgIpc) is 2.14. The molecule has 3 nitrogen and oxygen atoms in total. The smallest absolute Gasteiger partial charge is 0.135 e. The molecule has 0 radical (unpaired) electrons. The molecule has 15 heavy (non-hydrogen) atoms. The maximum Gasteiger partial charge on any atom is 0.135 e. The van der Waals surface area contributed by atoms with Crippen molar-refractivity contribution in [2.45, 2.75) is 18.9 Å². The van der Waals surface area contributed by atoms with Gasteiger partial charge in [-0.2, -0.15) is 0 Å². The number of pyridine rings is 1. The van der Waals surface area contributed by atoms with Crippen LogP contribution in [0, 0.1) is 0 Å². The van der Waals surface area contributed by atoms with E-state index in [1.807, 2.05) is 0 Å². The zero-order chi connectivity index (χ0) is 10.6. The SMILES string of the molecule is Cl.NCCC[C@H](N)c1ccc(Cl)nc1Cl. The van der Waals surface area contributed by atoms with E-state index in [0.717, 1.165) is 18.4 Å². The first-order chi connectivity index (χ1) is 6.65. The second-order valence-electron chi connectivity index (χ2n) is 3.05. The first-order valence-electron chi connectivity index (χ1n) is 4.42. The van der Waals surface area contributed by atoms with E-state index in [4.69, 9.17) is 34.7 Å². The maximum absolute atomic E-state index is 5.91. The molecule has 1 rings (SSSR count). The Morgan fingerprint density at radius 1 is 1.33 bits per heavy atom. The standard InChI is InChI=1S/C9H13Cl2N3.ClH/c10-8-4-3-6(9(11)14-8)7(13)2-1-5-12;/h3-4,7H,1-2,5,12-13H2;1H/t7-;/m0./s1. The second-order valence-corrected chi connectivity index (χ2v) is 3.80. The van der Waals surface area contributed by atoms with E-state index in [1.165, 1.54) is 0 Å². The zero-order valence-electron chi connectivity index (χ0n) is 8.12.